The van der Waals surface area contributed by atoms with Crippen LogP contribution in [0.2, 0.25) is 0 Å². The van der Waals surface area contributed by atoms with Crippen molar-refractivity contribution in [1.29, 1.82) is 0 Å². The van der Waals surface area contributed by atoms with Crippen LogP contribution >= 0.6 is 12.3 Å². The Kier molecular flexibility index (Phi) is 6.10. The van der Waals surface area contributed by atoms with E-state index in [0.717, 1.165) is 0 Å². The molecule has 0 amide bonds. The molecule has 0 saturated heterocycles. The predicted molar refractivity (Wildman–Crippen MR) is 41.6 cm³/mol. The Hall–Kier alpha value is -0.570. The first-order valence-corrected chi connectivity index (χ1v) is 4.89. The zero-order valence-corrected chi connectivity index (χ0v) is 9.73. The van der Waals surface area contributed by atoms with E-state index in [2.05, 4.69) is 8.37 Å². The number of alkyl halides is 12. The normalized spacial score (nSPS) is 15.1. The zero-order valence-electron chi connectivity index (χ0n) is 8.92. The van der Waals surface area contributed by atoms with Crippen LogP contribution in [-0.4, -0.2) is 36.9 Å². The van der Waals surface area contributed by atoms with Gasteiger partial charge in [-0.25, -0.2) is 0 Å². The third-order valence-corrected chi connectivity index (χ3v) is 2.00. The molecule has 0 radical (unpaired) electrons. The van der Waals surface area contributed by atoms with E-state index in [1.807, 2.05) is 0 Å². The molecule has 0 bridgehead atoms. The van der Waals surface area contributed by atoms with E-state index in [-0.39, 0.29) is 0 Å². The Morgan fingerprint density at radius 3 is 0.810 bits per heavy atom. The van der Waals surface area contributed by atoms with Gasteiger partial charge in [-0.05, 0) is 0 Å². The third-order valence-electron chi connectivity index (χ3n) is 1.46. The minimum atomic E-state index is -6.11. The van der Waals surface area contributed by atoms with Gasteiger partial charge in [0.05, 0.1) is 0 Å². The molecule has 21 heavy (non-hydrogen) atoms. The maximum Gasteiger partial charge on any atom is 0.424 e. The molecule has 0 heterocycles. The van der Waals surface area contributed by atoms with Crippen molar-refractivity contribution in [2.75, 3.05) is 0 Å². The highest BCUT2D eigenvalue weighted by Gasteiger charge is 2.61. The van der Waals surface area contributed by atoms with Gasteiger partial charge in [0.1, 0.15) is 0 Å². The Balaban J connectivity index is 4.84. The number of hydrogen-bond acceptors (Lipinski definition) is 3. The molecule has 0 unspecified atom stereocenters. The molecule has 0 rings (SSSR count). The molecule has 0 saturated carbocycles. The molecule has 0 aliphatic rings. The molecule has 2 nitrogen and oxygen atoms in total. The van der Waals surface area contributed by atoms with Gasteiger partial charge in [0, 0.05) is 0 Å². The van der Waals surface area contributed by atoms with Crippen LogP contribution in [0.3, 0.4) is 0 Å². The summed E-state index contributed by atoms with van der Waals surface area (Å²) in [6.45, 7) is 0. The summed E-state index contributed by atoms with van der Waals surface area (Å²) < 4.78 is 148. The van der Waals surface area contributed by atoms with Gasteiger partial charge in [0.15, 0.2) is 12.3 Å². The fourth-order valence-corrected chi connectivity index (χ4v) is 1.33. The molecule has 0 aromatic carbocycles. The van der Waals surface area contributed by atoms with Crippen LogP contribution in [-0.2, 0) is 8.37 Å². The van der Waals surface area contributed by atoms with Crippen molar-refractivity contribution in [3.63, 3.8) is 0 Å². The lowest BCUT2D eigenvalue weighted by atomic mass is 10.3. The molecular weight excluding hydrogens is 364 g/mol. The summed E-state index contributed by atoms with van der Waals surface area (Å²) in [7, 11) is 0. The van der Waals surface area contributed by atoms with Gasteiger partial charge >= 0.3 is 24.7 Å². The second kappa shape index (κ2) is 6.28. The number of hydrogen-bond donors (Lipinski definition) is 0. The first kappa shape index (κ1) is 20.4. The summed E-state index contributed by atoms with van der Waals surface area (Å²) in [6.07, 6.45) is -33.7. The largest absolute Gasteiger partial charge is 0.424 e. The molecule has 0 aromatic heterocycles. The van der Waals surface area contributed by atoms with E-state index in [1.165, 1.54) is 0 Å². The Labute approximate surface area is 111 Å². The summed E-state index contributed by atoms with van der Waals surface area (Å²) in [5.74, 6) is 0. The monoisotopic (exact) mass is 366 g/mol. The highest BCUT2D eigenvalue weighted by atomic mass is 32.2. The van der Waals surface area contributed by atoms with Gasteiger partial charge in [-0.3, -0.25) is 8.37 Å². The smallest absolute Gasteiger partial charge is 0.269 e. The fraction of sp³-hybridized carbons (Fsp3) is 1.00. The predicted octanol–water partition coefficient (Wildman–Crippen LogP) is 4.57. The van der Waals surface area contributed by atoms with E-state index in [0.29, 0.717) is 0 Å². The number of halogens is 12. The van der Waals surface area contributed by atoms with Crippen molar-refractivity contribution in [3.05, 3.63) is 0 Å². The molecular formula is C6H2F12O2S. The van der Waals surface area contributed by atoms with E-state index in [1.54, 1.807) is 0 Å². The standard InChI is InChI=1S/C6H2F12O2S/c7-3(8,9)1(4(10,11)12)19-21-20-2(5(13,14)15)6(16,17)18/h1-2H. The van der Waals surface area contributed by atoms with E-state index in [4.69, 9.17) is 0 Å². The van der Waals surface area contributed by atoms with Gasteiger partial charge in [0.2, 0.25) is 0 Å². The zero-order chi connectivity index (χ0) is 17.3. The van der Waals surface area contributed by atoms with E-state index < -0.39 is 49.2 Å². The Morgan fingerprint density at radius 1 is 0.476 bits per heavy atom. The lowest BCUT2D eigenvalue weighted by Gasteiger charge is -2.24. The minimum Gasteiger partial charge on any atom is -0.269 e. The van der Waals surface area contributed by atoms with Crippen LogP contribution < -0.4 is 0 Å². The fourth-order valence-electron chi connectivity index (χ4n) is 0.691. The van der Waals surface area contributed by atoms with Crippen LogP contribution in [0.25, 0.3) is 0 Å². The summed E-state index contributed by atoms with van der Waals surface area (Å²) in [6, 6.07) is 0. The second-order valence-electron chi connectivity index (χ2n) is 3.19. The first-order chi connectivity index (χ1) is 8.97. The maximum atomic E-state index is 11.9. The molecule has 0 atom stereocenters. The van der Waals surface area contributed by atoms with Gasteiger partial charge < -0.3 is 0 Å². The van der Waals surface area contributed by atoms with Crippen molar-refractivity contribution >= 4 is 12.3 Å². The molecule has 128 valence electrons. The molecule has 0 aromatic rings. The minimum absolute atomic E-state index is 1.70. The van der Waals surface area contributed by atoms with Crippen LogP contribution in [0.1, 0.15) is 0 Å². The van der Waals surface area contributed by atoms with Crippen LogP contribution in [0, 0.1) is 0 Å². The van der Waals surface area contributed by atoms with E-state index >= 15 is 0 Å². The highest BCUT2D eigenvalue weighted by Crippen LogP contribution is 2.41. The summed E-state index contributed by atoms with van der Waals surface area (Å²) >= 11 is -1.70. The molecule has 0 N–H and O–H groups in total. The summed E-state index contributed by atoms with van der Waals surface area (Å²) in [4.78, 5) is 0. The summed E-state index contributed by atoms with van der Waals surface area (Å²) in [5, 5.41) is 0. The Bertz CT molecular complexity index is 267. The lowest BCUT2D eigenvalue weighted by molar-refractivity contribution is -0.307. The van der Waals surface area contributed by atoms with Crippen LogP contribution in [0.4, 0.5) is 52.7 Å². The molecule has 0 fully saturated rings. The van der Waals surface area contributed by atoms with Crippen molar-refractivity contribution in [1.82, 2.24) is 0 Å². The van der Waals surface area contributed by atoms with Crippen LogP contribution in [0.15, 0.2) is 0 Å². The quantitative estimate of drug-likeness (QED) is 0.537. The summed E-state index contributed by atoms with van der Waals surface area (Å²) in [5.41, 5.74) is 0. The van der Waals surface area contributed by atoms with Crippen molar-refractivity contribution in [2.24, 2.45) is 0 Å². The number of rotatable bonds is 4. The molecule has 15 heteroatoms. The maximum absolute atomic E-state index is 11.9. The molecule has 0 aliphatic carbocycles. The van der Waals surface area contributed by atoms with Gasteiger partial charge in [-0.2, -0.15) is 52.7 Å². The lowest BCUT2D eigenvalue weighted by Crippen LogP contribution is -2.45. The Morgan fingerprint density at radius 2 is 0.667 bits per heavy atom. The average molecular weight is 366 g/mol. The SMILES string of the molecule is FC(F)(F)C(OSOC(C(F)(F)F)C(F)(F)F)C(F)(F)F. The van der Waals surface area contributed by atoms with Crippen molar-refractivity contribution < 1.29 is 61.1 Å². The topological polar surface area (TPSA) is 18.5 Å². The van der Waals surface area contributed by atoms with Crippen molar-refractivity contribution in [3.8, 4) is 0 Å². The van der Waals surface area contributed by atoms with Gasteiger partial charge in [-0.1, -0.05) is 0 Å². The second-order valence-corrected chi connectivity index (χ2v) is 3.71. The third kappa shape index (κ3) is 6.82. The molecule has 0 spiro atoms. The van der Waals surface area contributed by atoms with E-state index in [9.17, 15) is 52.7 Å². The van der Waals surface area contributed by atoms with Crippen molar-refractivity contribution in [2.45, 2.75) is 36.9 Å². The van der Waals surface area contributed by atoms with Gasteiger partial charge in [-0.15, -0.1) is 0 Å². The first-order valence-electron chi connectivity index (χ1n) is 4.23. The highest BCUT2D eigenvalue weighted by molar-refractivity contribution is 7.89. The van der Waals surface area contributed by atoms with Gasteiger partial charge in [0.25, 0.3) is 12.2 Å². The average Bonchev–Trinajstić information content (AvgIpc) is 2.07. The van der Waals surface area contributed by atoms with Crippen LogP contribution in [0.5, 0.6) is 0 Å². The molecule has 0 aliphatic heterocycles.